The molecular weight excluding hydrogens is 414 g/mol. The number of pyridine rings is 1. The Morgan fingerprint density at radius 3 is 2.58 bits per heavy atom. The monoisotopic (exact) mass is 443 g/mol. The molecule has 7 heteroatoms. The van der Waals surface area contributed by atoms with Gasteiger partial charge in [0.1, 0.15) is 30.3 Å². The molecule has 1 unspecified atom stereocenters. The molecule has 0 aliphatic rings. The van der Waals surface area contributed by atoms with Crippen molar-refractivity contribution >= 4 is 28.1 Å². The summed E-state index contributed by atoms with van der Waals surface area (Å²) in [4.78, 5) is 13.1. The van der Waals surface area contributed by atoms with Crippen LogP contribution in [0.1, 0.15) is 38.8 Å². The normalized spacial score (nSPS) is 11.8. The van der Waals surface area contributed by atoms with E-state index in [2.05, 4.69) is 34.1 Å². The molecular formula is C26H29N5O2. The lowest BCUT2D eigenvalue weighted by molar-refractivity contribution is 0.187. The van der Waals surface area contributed by atoms with Gasteiger partial charge in [0.15, 0.2) is 0 Å². The van der Waals surface area contributed by atoms with E-state index in [1.165, 1.54) is 0 Å². The van der Waals surface area contributed by atoms with Gasteiger partial charge in [-0.3, -0.25) is 4.98 Å². The van der Waals surface area contributed by atoms with Crippen LogP contribution in [0.5, 0.6) is 11.5 Å². The predicted molar refractivity (Wildman–Crippen MR) is 132 cm³/mol. The molecule has 0 amide bonds. The van der Waals surface area contributed by atoms with E-state index >= 15 is 0 Å². The van der Waals surface area contributed by atoms with Crippen molar-refractivity contribution in [3.63, 3.8) is 0 Å². The summed E-state index contributed by atoms with van der Waals surface area (Å²) < 4.78 is 12.0. The van der Waals surface area contributed by atoms with Crippen LogP contribution < -0.4 is 20.5 Å². The summed E-state index contributed by atoms with van der Waals surface area (Å²) in [5, 5.41) is 4.19. The van der Waals surface area contributed by atoms with E-state index in [4.69, 9.17) is 15.2 Å². The SMILES string of the molecule is CCCC(CC)Oc1cc2ncnc(Nc3ccc(OCc4ccccn4)cc3)c2cc1N. The molecule has 0 aliphatic heterocycles. The second-order valence-electron chi connectivity index (χ2n) is 7.83. The third-order valence-corrected chi connectivity index (χ3v) is 5.36. The third kappa shape index (κ3) is 5.68. The molecule has 4 aromatic rings. The number of rotatable bonds is 10. The maximum Gasteiger partial charge on any atom is 0.144 e. The van der Waals surface area contributed by atoms with Crippen LogP contribution in [0.2, 0.25) is 0 Å². The molecule has 3 N–H and O–H groups in total. The zero-order valence-corrected chi connectivity index (χ0v) is 19.0. The maximum absolute atomic E-state index is 6.32. The predicted octanol–water partition coefficient (Wildman–Crippen LogP) is 5.89. The second-order valence-corrected chi connectivity index (χ2v) is 7.83. The lowest BCUT2D eigenvalue weighted by atomic mass is 10.1. The van der Waals surface area contributed by atoms with Crippen LogP contribution in [0.25, 0.3) is 10.9 Å². The lowest BCUT2D eigenvalue weighted by Crippen LogP contribution is -2.15. The Morgan fingerprint density at radius 1 is 1.00 bits per heavy atom. The van der Waals surface area contributed by atoms with Crippen LogP contribution in [-0.4, -0.2) is 21.1 Å². The van der Waals surface area contributed by atoms with Gasteiger partial charge in [0.05, 0.1) is 23.0 Å². The van der Waals surface area contributed by atoms with Gasteiger partial charge in [-0.1, -0.05) is 26.3 Å². The summed E-state index contributed by atoms with van der Waals surface area (Å²) in [7, 11) is 0. The van der Waals surface area contributed by atoms with Crippen LogP contribution in [0.3, 0.4) is 0 Å². The number of aromatic nitrogens is 3. The number of fused-ring (bicyclic) bond motifs is 1. The first kappa shape index (κ1) is 22.3. The largest absolute Gasteiger partial charge is 0.488 e. The van der Waals surface area contributed by atoms with Gasteiger partial charge in [-0.15, -0.1) is 0 Å². The van der Waals surface area contributed by atoms with Crippen molar-refractivity contribution < 1.29 is 9.47 Å². The molecule has 2 heterocycles. The van der Waals surface area contributed by atoms with Crippen molar-refractivity contribution in [2.45, 2.75) is 45.8 Å². The zero-order chi connectivity index (χ0) is 23.0. The van der Waals surface area contributed by atoms with Gasteiger partial charge in [0.25, 0.3) is 0 Å². The summed E-state index contributed by atoms with van der Waals surface area (Å²) in [6.07, 6.45) is 6.43. The van der Waals surface area contributed by atoms with Crippen molar-refractivity contribution in [1.82, 2.24) is 15.0 Å². The molecule has 4 rings (SSSR count). The quantitative estimate of drug-likeness (QED) is 0.295. The molecule has 0 spiro atoms. The number of hydrogen-bond acceptors (Lipinski definition) is 7. The zero-order valence-electron chi connectivity index (χ0n) is 19.0. The van der Waals surface area contributed by atoms with Crippen LogP contribution in [0, 0.1) is 0 Å². The first-order valence-electron chi connectivity index (χ1n) is 11.3. The Labute approximate surface area is 194 Å². The molecule has 1 atom stereocenters. The van der Waals surface area contributed by atoms with Gasteiger partial charge >= 0.3 is 0 Å². The maximum atomic E-state index is 6.32. The number of nitrogens with one attached hydrogen (secondary N) is 1. The summed E-state index contributed by atoms with van der Waals surface area (Å²) in [5.74, 6) is 2.12. The van der Waals surface area contributed by atoms with E-state index in [1.54, 1.807) is 12.5 Å². The van der Waals surface area contributed by atoms with Crippen molar-refractivity contribution in [3.8, 4) is 11.5 Å². The van der Waals surface area contributed by atoms with E-state index in [0.717, 1.165) is 47.3 Å². The number of benzene rings is 2. The van der Waals surface area contributed by atoms with Crippen LogP contribution in [0.4, 0.5) is 17.2 Å². The topological polar surface area (TPSA) is 95.2 Å². The highest BCUT2D eigenvalue weighted by atomic mass is 16.5. The number of nitrogens with two attached hydrogens (primary N) is 1. The smallest absolute Gasteiger partial charge is 0.144 e. The van der Waals surface area contributed by atoms with Gasteiger partial charge < -0.3 is 20.5 Å². The Kier molecular flexibility index (Phi) is 7.19. The Morgan fingerprint density at radius 2 is 1.85 bits per heavy atom. The minimum absolute atomic E-state index is 0.146. The van der Waals surface area contributed by atoms with Gasteiger partial charge in [0, 0.05) is 23.3 Å². The average Bonchev–Trinajstić information content (AvgIpc) is 2.85. The molecule has 33 heavy (non-hydrogen) atoms. The summed E-state index contributed by atoms with van der Waals surface area (Å²) in [6.45, 7) is 4.70. The van der Waals surface area contributed by atoms with E-state index < -0.39 is 0 Å². The van der Waals surface area contributed by atoms with Crippen LogP contribution in [0.15, 0.2) is 67.1 Å². The number of hydrogen-bond donors (Lipinski definition) is 2. The molecule has 0 aliphatic carbocycles. The summed E-state index contributed by atoms with van der Waals surface area (Å²) in [5.41, 5.74) is 9.44. The molecule has 170 valence electrons. The highest BCUT2D eigenvalue weighted by Crippen LogP contribution is 2.32. The fourth-order valence-electron chi connectivity index (χ4n) is 3.56. The molecule has 7 nitrogen and oxygen atoms in total. The second kappa shape index (κ2) is 10.6. The minimum atomic E-state index is 0.146. The third-order valence-electron chi connectivity index (χ3n) is 5.36. The van der Waals surface area contributed by atoms with Crippen LogP contribution in [-0.2, 0) is 6.61 Å². The highest BCUT2D eigenvalue weighted by molar-refractivity contribution is 5.94. The Hall–Kier alpha value is -3.87. The van der Waals surface area contributed by atoms with Crippen molar-refractivity contribution in [3.05, 3.63) is 72.8 Å². The number of nitrogen functional groups attached to an aromatic ring is 1. The van der Waals surface area contributed by atoms with Crippen LogP contribution >= 0.6 is 0 Å². The van der Waals surface area contributed by atoms with E-state index in [-0.39, 0.29) is 6.10 Å². The van der Waals surface area contributed by atoms with Crippen molar-refractivity contribution in [2.24, 2.45) is 0 Å². The molecule has 0 saturated carbocycles. The van der Waals surface area contributed by atoms with Gasteiger partial charge in [-0.05, 0) is 55.3 Å². The Bertz CT molecular complexity index is 1180. The van der Waals surface area contributed by atoms with E-state index in [9.17, 15) is 0 Å². The first-order chi connectivity index (χ1) is 16.2. The molecule has 0 bridgehead atoms. The van der Waals surface area contributed by atoms with Gasteiger partial charge in [0.2, 0.25) is 0 Å². The number of ether oxygens (including phenoxy) is 2. The van der Waals surface area contributed by atoms with E-state index in [0.29, 0.717) is 23.9 Å². The van der Waals surface area contributed by atoms with Gasteiger partial charge in [-0.2, -0.15) is 0 Å². The highest BCUT2D eigenvalue weighted by Gasteiger charge is 2.13. The fourth-order valence-corrected chi connectivity index (χ4v) is 3.56. The van der Waals surface area contributed by atoms with E-state index in [1.807, 2.05) is 54.6 Å². The lowest BCUT2D eigenvalue weighted by Gasteiger charge is -2.19. The summed E-state index contributed by atoms with van der Waals surface area (Å²) in [6, 6.07) is 17.2. The van der Waals surface area contributed by atoms with Gasteiger partial charge in [-0.25, -0.2) is 9.97 Å². The molecule has 0 radical (unpaired) electrons. The molecule has 0 saturated heterocycles. The summed E-state index contributed by atoms with van der Waals surface area (Å²) >= 11 is 0. The average molecular weight is 444 g/mol. The Balaban J connectivity index is 1.48. The first-order valence-corrected chi connectivity index (χ1v) is 11.3. The van der Waals surface area contributed by atoms with Crippen molar-refractivity contribution in [2.75, 3.05) is 11.1 Å². The molecule has 2 aromatic heterocycles. The number of nitrogens with zero attached hydrogens (tertiary/aromatic N) is 3. The molecule has 2 aromatic carbocycles. The number of anilines is 3. The van der Waals surface area contributed by atoms with Crippen molar-refractivity contribution in [1.29, 1.82) is 0 Å². The minimum Gasteiger partial charge on any atom is -0.488 e. The standard InChI is InChI=1S/C26H29N5O2/c1-3-7-20(4-2)33-25-15-24-22(14-23(25)27)26(30-17-29-24)31-18-9-11-21(12-10-18)32-16-19-8-5-6-13-28-19/h5-6,8-15,17,20H,3-4,7,16,27H2,1-2H3,(H,29,30,31). The molecule has 0 fully saturated rings. The fraction of sp³-hybridized carbons (Fsp3) is 0.269.